The van der Waals surface area contributed by atoms with Crippen LogP contribution in [0.4, 0.5) is 0 Å². The highest BCUT2D eigenvalue weighted by Crippen LogP contribution is 1.99. The molecule has 0 aliphatic carbocycles. The van der Waals surface area contributed by atoms with E-state index >= 15 is 0 Å². The van der Waals surface area contributed by atoms with Gasteiger partial charge in [-0.1, -0.05) is 5.92 Å². The summed E-state index contributed by atoms with van der Waals surface area (Å²) >= 11 is 5.07. The fourth-order valence-electron chi connectivity index (χ4n) is 1.37. The molecule has 0 aromatic carbocycles. The Morgan fingerprint density at radius 2 is 2.21 bits per heavy atom. The molecule has 4 N–H and O–H groups in total. The summed E-state index contributed by atoms with van der Waals surface area (Å²) in [6.07, 6.45) is 10.6. The first-order chi connectivity index (χ1) is 9.22. The molecule has 0 atom stereocenters. The number of aryl methyl sites for hydroxylation is 1. The van der Waals surface area contributed by atoms with Gasteiger partial charge in [0.1, 0.15) is 6.54 Å². The second-order valence-electron chi connectivity index (χ2n) is 3.75. The minimum Gasteiger partial charge on any atom is -0.370 e. The summed E-state index contributed by atoms with van der Waals surface area (Å²) in [5.41, 5.74) is 6.82. The molecule has 1 aromatic rings. The smallest absolute Gasteiger partial charge is 0.195 e. The fraction of sp³-hybridized carbons (Fsp3) is 0.308. The van der Waals surface area contributed by atoms with Crippen LogP contribution in [0, 0.1) is 12.3 Å². The van der Waals surface area contributed by atoms with Crippen molar-refractivity contribution in [3.8, 4) is 12.3 Å². The molecular formula is C13H17N5S. The Morgan fingerprint density at radius 1 is 1.47 bits per heavy atom. The Bertz CT molecular complexity index is 464. The minimum atomic E-state index is 0.226. The Balaban J connectivity index is 2.16. The van der Waals surface area contributed by atoms with Crippen molar-refractivity contribution in [3.05, 3.63) is 30.1 Å². The average Bonchev–Trinajstić information content (AvgIpc) is 2.42. The predicted octanol–water partition coefficient (Wildman–Crippen LogP) is 0.426. The predicted molar refractivity (Wildman–Crippen MR) is 81.6 cm³/mol. The van der Waals surface area contributed by atoms with E-state index in [1.807, 2.05) is 12.1 Å². The number of thiocarbonyl (C=S) groups is 1. The molecule has 0 saturated carbocycles. The van der Waals surface area contributed by atoms with Crippen molar-refractivity contribution in [1.82, 2.24) is 15.6 Å². The van der Waals surface area contributed by atoms with Crippen LogP contribution in [0.5, 0.6) is 0 Å². The van der Waals surface area contributed by atoms with Gasteiger partial charge in [-0.15, -0.1) is 6.42 Å². The van der Waals surface area contributed by atoms with Crippen LogP contribution in [0.3, 0.4) is 0 Å². The average molecular weight is 275 g/mol. The molecular weight excluding hydrogens is 258 g/mol. The molecule has 100 valence electrons. The molecule has 0 aliphatic rings. The number of aromatic nitrogens is 1. The van der Waals surface area contributed by atoms with Crippen LogP contribution < -0.4 is 16.4 Å². The summed E-state index contributed by atoms with van der Waals surface area (Å²) in [5, 5.41) is 6.26. The zero-order valence-electron chi connectivity index (χ0n) is 10.6. The van der Waals surface area contributed by atoms with Gasteiger partial charge in [0.05, 0.1) is 0 Å². The summed E-state index contributed by atoms with van der Waals surface area (Å²) in [4.78, 5) is 7.84. The number of aliphatic imine (C=N–C) groups is 1. The van der Waals surface area contributed by atoms with Gasteiger partial charge in [0.15, 0.2) is 11.1 Å². The lowest BCUT2D eigenvalue weighted by Gasteiger charge is -2.09. The van der Waals surface area contributed by atoms with Crippen LogP contribution >= 0.6 is 12.2 Å². The lowest BCUT2D eigenvalue weighted by Crippen LogP contribution is -2.43. The first kappa shape index (κ1) is 14.9. The molecule has 0 bridgehead atoms. The van der Waals surface area contributed by atoms with Crippen molar-refractivity contribution in [3.63, 3.8) is 0 Å². The number of terminal acetylenes is 1. The van der Waals surface area contributed by atoms with E-state index in [1.165, 1.54) is 5.56 Å². The Hall–Kier alpha value is -2.13. The summed E-state index contributed by atoms with van der Waals surface area (Å²) in [6.45, 7) is 1.00. The first-order valence-electron chi connectivity index (χ1n) is 5.89. The molecule has 1 aromatic heterocycles. The fourth-order valence-corrected chi connectivity index (χ4v) is 1.58. The molecule has 1 heterocycles. The number of hydrogen-bond acceptors (Lipinski definition) is 3. The van der Waals surface area contributed by atoms with E-state index in [0.717, 1.165) is 19.4 Å². The molecule has 0 saturated heterocycles. The standard InChI is InChI=1S/C13H17N5S/c1-2-7-16-12(14)18-13(19)17-8-3-4-11-5-9-15-10-6-11/h1,5-6,9-10H,3-4,7-8H2,(H4,14,16,17,18,19). The van der Waals surface area contributed by atoms with Crippen LogP contribution in [-0.4, -0.2) is 29.1 Å². The van der Waals surface area contributed by atoms with Crippen LogP contribution in [-0.2, 0) is 6.42 Å². The number of rotatable bonds is 5. The third-order valence-electron chi connectivity index (χ3n) is 2.26. The maximum absolute atomic E-state index is 5.56. The van der Waals surface area contributed by atoms with Gasteiger partial charge in [-0.2, -0.15) is 0 Å². The van der Waals surface area contributed by atoms with Gasteiger partial charge in [-0.25, -0.2) is 4.99 Å². The van der Waals surface area contributed by atoms with E-state index in [1.54, 1.807) is 12.4 Å². The second kappa shape index (κ2) is 8.89. The van der Waals surface area contributed by atoms with Crippen molar-refractivity contribution in [1.29, 1.82) is 0 Å². The maximum atomic E-state index is 5.56. The summed E-state index contributed by atoms with van der Waals surface area (Å²) in [6, 6.07) is 4.00. The monoisotopic (exact) mass is 275 g/mol. The SMILES string of the molecule is C#CCN=C(N)NC(=S)NCCCc1ccncc1. The van der Waals surface area contributed by atoms with E-state index in [-0.39, 0.29) is 12.5 Å². The number of nitrogens with two attached hydrogens (primary N) is 1. The van der Waals surface area contributed by atoms with Crippen LogP contribution in [0.1, 0.15) is 12.0 Å². The second-order valence-corrected chi connectivity index (χ2v) is 4.15. The van der Waals surface area contributed by atoms with Gasteiger partial charge in [0.25, 0.3) is 0 Å². The quantitative estimate of drug-likeness (QED) is 0.239. The molecule has 0 spiro atoms. The molecule has 0 aliphatic heterocycles. The highest BCUT2D eigenvalue weighted by Gasteiger charge is 1.97. The topological polar surface area (TPSA) is 75.3 Å². The third-order valence-corrected chi connectivity index (χ3v) is 2.51. The molecule has 0 amide bonds. The third kappa shape index (κ3) is 7.01. The number of hydrogen-bond donors (Lipinski definition) is 3. The van der Waals surface area contributed by atoms with Gasteiger partial charge in [0.2, 0.25) is 0 Å². The number of guanidine groups is 1. The Kier molecular flexibility index (Phi) is 6.98. The zero-order chi connectivity index (χ0) is 13.9. The molecule has 0 fully saturated rings. The summed E-state index contributed by atoms with van der Waals surface area (Å²) in [7, 11) is 0. The maximum Gasteiger partial charge on any atom is 0.195 e. The van der Waals surface area contributed by atoms with Crippen molar-refractivity contribution in [2.75, 3.05) is 13.1 Å². The van der Waals surface area contributed by atoms with Crippen LogP contribution in [0.25, 0.3) is 0 Å². The number of pyridine rings is 1. The van der Waals surface area contributed by atoms with Crippen molar-refractivity contribution >= 4 is 23.3 Å². The number of nitrogens with zero attached hydrogens (tertiary/aromatic N) is 2. The first-order valence-corrected chi connectivity index (χ1v) is 6.30. The van der Waals surface area contributed by atoms with E-state index in [4.69, 9.17) is 24.4 Å². The van der Waals surface area contributed by atoms with Crippen LogP contribution in [0.15, 0.2) is 29.5 Å². The van der Waals surface area contributed by atoms with Crippen LogP contribution in [0.2, 0.25) is 0 Å². The van der Waals surface area contributed by atoms with Gasteiger partial charge < -0.3 is 16.4 Å². The summed E-state index contributed by atoms with van der Waals surface area (Å²) < 4.78 is 0. The molecule has 19 heavy (non-hydrogen) atoms. The summed E-state index contributed by atoms with van der Waals surface area (Å²) in [5.74, 6) is 2.59. The normalized spacial score (nSPS) is 10.6. The van der Waals surface area contributed by atoms with E-state index in [0.29, 0.717) is 5.11 Å². The molecule has 0 radical (unpaired) electrons. The van der Waals surface area contributed by atoms with E-state index in [9.17, 15) is 0 Å². The van der Waals surface area contributed by atoms with Gasteiger partial charge >= 0.3 is 0 Å². The van der Waals surface area contributed by atoms with Crippen molar-refractivity contribution in [2.24, 2.45) is 10.7 Å². The molecule has 5 nitrogen and oxygen atoms in total. The zero-order valence-corrected chi connectivity index (χ0v) is 11.4. The van der Waals surface area contributed by atoms with Gasteiger partial charge in [-0.3, -0.25) is 4.98 Å². The van der Waals surface area contributed by atoms with Gasteiger partial charge in [-0.05, 0) is 42.8 Å². The number of nitrogens with one attached hydrogen (secondary N) is 2. The van der Waals surface area contributed by atoms with Crippen molar-refractivity contribution < 1.29 is 0 Å². The Morgan fingerprint density at radius 3 is 2.89 bits per heavy atom. The van der Waals surface area contributed by atoms with E-state index < -0.39 is 0 Å². The highest BCUT2D eigenvalue weighted by atomic mass is 32.1. The molecule has 0 unspecified atom stereocenters. The molecule has 6 heteroatoms. The van der Waals surface area contributed by atoms with Gasteiger partial charge in [0, 0.05) is 18.9 Å². The highest BCUT2D eigenvalue weighted by molar-refractivity contribution is 7.80. The van der Waals surface area contributed by atoms with Crippen molar-refractivity contribution in [2.45, 2.75) is 12.8 Å². The minimum absolute atomic E-state index is 0.226. The lowest BCUT2D eigenvalue weighted by atomic mass is 10.1. The Labute approximate surface area is 118 Å². The lowest BCUT2D eigenvalue weighted by molar-refractivity contribution is 0.770. The van der Waals surface area contributed by atoms with E-state index in [2.05, 4.69) is 26.5 Å². The largest absolute Gasteiger partial charge is 0.370 e. The molecule has 1 rings (SSSR count).